The zero-order chi connectivity index (χ0) is 13.4. The minimum Gasteiger partial charge on any atom is -0.375 e. The first-order chi connectivity index (χ1) is 8.38. The Morgan fingerprint density at radius 2 is 2.00 bits per heavy atom. The molecule has 1 N–H and O–H groups in total. The highest BCUT2D eigenvalue weighted by Gasteiger charge is 2.55. The van der Waals surface area contributed by atoms with E-state index >= 15 is 0 Å². The van der Waals surface area contributed by atoms with Gasteiger partial charge in [0, 0.05) is 6.20 Å². The van der Waals surface area contributed by atoms with Crippen LogP contribution in [0.2, 0.25) is 0 Å². The normalized spacial score (nSPS) is 19.6. The fourth-order valence-corrected chi connectivity index (χ4v) is 2.08. The molecule has 1 fully saturated rings. The molecule has 1 aromatic heterocycles. The molecule has 1 atom stereocenters. The highest BCUT2D eigenvalue weighted by Crippen LogP contribution is 2.43. The molecule has 1 aromatic rings. The van der Waals surface area contributed by atoms with Gasteiger partial charge in [-0.15, -0.1) is 0 Å². The maximum Gasteiger partial charge on any atom is 0.422 e. The Balaban J connectivity index is 2.30. The van der Waals surface area contributed by atoms with Gasteiger partial charge in [0.25, 0.3) is 0 Å². The topological polar surface area (TPSA) is 33.1 Å². The number of rotatable bonds is 4. The lowest BCUT2D eigenvalue weighted by atomic mass is 9.92. The van der Waals surface area contributed by atoms with Gasteiger partial charge >= 0.3 is 6.18 Å². The summed E-state index contributed by atoms with van der Waals surface area (Å²) >= 11 is 0. The van der Waals surface area contributed by atoms with Gasteiger partial charge in [0.1, 0.15) is 0 Å². The molecule has 2 rings (SSSR count). The molecule has 100 valence electrons. The third-order valence-corrected chi connectivity index (χ3v) is 3.34. The standard InChI is InChI=1S/C13H16F3NO/c1-2-7-12(18,13(14,15)16)11-6-5-10(8-17-11)9-3-4-9/h5-6,8-9,18H,2-4,7H2,1H3. The molecule has 1 aliphatic rings. The predicted molar refractivity (Wildman–Crippen MR) is 61.1 cm³/mol. The van der Waals surface area contributed by atoms with Crippen molar-refractivity contribution < 1.29 is 18.3 Å². The van der Waals surface area contributed by atoms with E-state index in [0.29, 0.717) is 5.92 Å². The summed E-state index contributed by atoms with van der Waals surface area (Å²) in [5.41, 5.74) is -2.18. The third-order valence-electron chi connectivity index (χ3n) is 3.34. The molecule has 0 aromatic carbocycles. The molecule has 5 heteroatoms. The van der Waals surface area contributed by atoms with Crippen LogP contribution in [0.15, 0.2) is 18.3 Å². The van der Waals surface area contributed by atoms with Crippen LogP contribution in [0.1, 0.15) is 49.8 Å². The van der Waals surface area contributed by atoms with E-state index in [-0.39, 0.29) is 18.5 Å². The average Bonchev–Trinajstić information content (AvgIpc) is 3.12. The van der Waals surface area contributed by atoms with Crippen molar-refractivity contribution in [2.75, 3.05) is 0 Å². The van der Waals surface area contributed by atoms with Gasteiger partial charge in [0.2, 0.25) is 5.60 Å². The maximum atomic E-state index is 13.0. The van der Waals surface area contributed by atoms with Crippen molar-refractivity contribution in [2.45, 2.75) is 50.3 Å². The molecule has 0 amide bonds. The van der Waals surface area contributed by atoms with Crippen LogP contribution in [0.25, 0.3) is 0 Å². The summed E-state index contributed by atoms with van der Waals surface area (Å²) in [6, 6.07) is 2.95. The third kappa shape index (κ3) is 2.36. The first-order valence-corrected chi connectivity index (χ1v) is 6.14. The summed E-state index contributed by atoms with van der Waals surface area (Å²) in [7, 11) is 0. The average molecular weight is 259 g/mol. The van der Waals surface area contributed by atoms with Crippen LogP contribution in [0, 0.1) is 0 Å². The van der Waals surface area contributed by atoms with E-state index in [1.807, 2.05) is 0 Å². The maximum absolute atomic E-state index is 13.0. The second-order valence-corrected chi connectivity index (χ2v) is 4.86. The van der Waals surface area contributed by atoms with Crippen LogP contribution in [0.4, 0.5) is 13.2 Å². The number of pyridine rings is 1. The van der Waals surface area contributed by atoms with Crippen molar-refractivity contribution in [3.63, 3.8) is 0 Å². The number of hydrogen-bond acceptors (Lipinski definition) is 2. The molecule has 0 aliphatic heterocycles. The number of halogens is 3. The Morgan fingerprint density at radius 1 is 1.33 bits per heavy atom. The van der Waals surface area contributed by atoms with E-state index in [1.54, 1.807) is 13.0 Å². The van der Waals surface area contributed by atoms with E-state index in [9.17, 15) is 18.3 Å². The van der Waals surface area contributed by atoms with Crippen molar-refractivity contribution in [3.8, 4) is 0 Å². The first kappa shape index (κ1) is 13.3. The van der Waals surface area contributed by atoms with Gasteiger partial charge in [-0.2, -0.15) is 13.2 Å². The fourth-order valence-electron chi connectivity index (χ4n) is 2.08. The molecule has 1 aliphatic carbocycles. The second-order valence-electron chi connectivity index (χ2n) is 4.86. The van der Waals surface area contributed by atoms with Gasteiger partial charge in [-0.1, -0.05) is 19.4 Å². The summed E-state index contributed by atoms with van der Waals surface area (Å²) in [5, 5.41) is 9.88. The van der Waals surface area contributed by atoms with E-state index < -0.39 is 11.8 Å². The van der Waals surface area contributed by atoms with Crippen molar-refractivity contribution >= 4 is 0 Å². The molecule has 1 unspecified atom stereocenters. The molecule has 1 heterocycles. The molecule has 0 saturated heterocycles. The van der Waals surface area contributed by atoms with Crippen LogP contribution in [0.5, 0.6) is 0 Å². The van der Waals surface area contributed by atoms with Crippen LogP contribution < -0.4 is 0 Å². The monoisotopic (exact) mass is 259 g/mol. The van der Waals surface area contributed by atoms with Crippen molar-refractivity contribution in [1.82, 2.24) is 4.98 Å². The van der Waals surface area contributed by atoms with Crippen molar-refractivity contribution in [1.29, 1.82) is 0 Å². The minimum atomic E-state index is -4.70. The first-order valence-electron chi connectivity index (χ1n) is 6.14. The number of hydrogen-bond donors (Lipinski definition) is 1. The predicted octanol–water partition coefficient (Wildman–Crippen LogP) is 3.51. The molecule has 18 heavy (non-hydrogen) atoms. The number of nitrogens with zero attached hydrogens (tertiary/aromatic N) is 1. The van der Waals surface area contributed by atoms with Crippen LogP contribution in [-0.2, 0) is 5.60 Å². The lowest BCUT2D eigenvalue weighted by molar-refractivity contribution is -0.270. The van der Waals surface area contributed by atoms with Gasteiger partial charge in [0.05, 0.1) is 5.69 Å². The summed E-state index contributed by atoms with van der Waals surface area (Å²) in [5.74, 6) is 0.441. The molecular formula is C13H16F3NO. The Labute approximate surface area is 104 Å². The lowest BCUT2D eigenvalue weighted by Crippen LogP contribution is -2.42. The Kier molecular flexibility index (Phi) is 3.36. The molecule has 0 radical (unpaired) electrons. The van der Waals surface area contributed by atoms with Gasteiger partial charge in [-0.3, -0.25) is 4.98 Å². The zero-order valence-corrected chi connectivity index (χ0v) is 10.2. The summed E-state index contributed by atoms with van der Waals surface area (Å²) in [4.78, 5) is 3.83. The second kappa shape index (κ2) is 4.53. The fraction of sp³-hybridized carbons (Fsp3) is 0.615. The number of aliphatic hydroxyl groups is 1. The van der Waals surface area contributed by atoms with E-state index in [4.69, 9.17) is 0 Å². The van der Waals surface area contributed by atoms with Crippen molar-refractivity contribution in [2.24, 2.45) is 0 Å². The summed E-state index contributed by atoms with van der Waals surface area (Å²) < 4.78 is 38.9. The largest absolute Gasteiger partial charge is 0.422 e. The molecule has 0 spiro atoms. The Hall–Kier alpha value is -1.10. The molecule has 2 nitrogen and oxygen atoms in total. The van der Waals surface area contributed by atoms with Gasteiger partial charge in [-0.25, -0.2) is 0 Å². The lowest BCUT2D eigenvalue weighted by Gasteiger charge is -2.29. The van der Waals surface area contributed by atoms with E-state index in [1.165, 1.54) is 12.3 Å². The van der Waals surface area contributed by atoms with E-state index in [2.05, 4.69) is 4.98 Å². The smallest absolute Gasteiger partial charge is 0.375 e. The molecular weight excluding hydrogens is 243 g/mol. The van der Waals surface area contributed by atoms with Crippen molar-refractivity contribution in [3.05, 3.63) is 29.6 Å². The summed E-state index contributed by atoms with van der Waals surface area (Å²) in [6.07, 6.45) is -1.23. The Morgan fingerprint density at radius 3 is 2.39 bits per heavy atom. The van der Waals surface area contributed by atoms with E-state index in [0.717, 1.165) is 18.4 Å². The molecule has 1 saturated carbocycles. The SMILES string of the molecule is CCCC(O)(c1ccc(C2CC2)cn1)C(F)(F)F. The number of aromatic nitrogens is 1. The highest BCUT2D eigenvalue weighted by atomic mass is 19.4. The minimum absolute atomic E-state index is 0.238. The quantitative estimate of drug-likeness (QED) is 0.897. The van der Waals surface area contributed by atoms with Gasteiger partial charge in [0.15, 0.2) is 0 Å². The Bertz CT molecular complexity index is 411. The number of alkyl halides is 3. The highest BCUT2D eigenvalue weighted by molar-refractivity contribution is 5.25. The van der Waals surface area contributed by atoms with Gasteiger partial charge < -0.3 is 5.11 Å². The zero-order valence-electron chi connectivity index (χ0n) is 10.2. The van der Waals surface area contributed by atoms with Crippen LogP contribution in [-0.4, -0.2) is 16.3 Å². The van der Waals surface area contributed by atoms with Gasteiger partial charge in [-0.05, 0) is 36.8 Å². The molecule has 0 bridgehead atoms. The van der Waals surface area contributed by atoms with Crippen LogP contribution in [0.3, 0.4) is 0 Å². The summed E-state index contributed by atoms with van der Waals surface area (Å²) in [6.45, 7) is 1.61. The van der Waals surface area contributed by atoms with Crippen LogP contribution >= 0.6 is 0 Å².